The standard InChI is InChI=1S/C19H13ClF3N3O2/c20-14-5-1-12(2-6-14)16-9-10-18(28)26(25-16)11-17(27)24-15-7-3-13(4-8-15)19(21,22)23/h1-10H,11H2,(H,24,27). The SMILES string of the molecule is O=C(Cn1nc(-c2ccc(Cl)cc2)ccc1=O)Nc1ccc(C(F)(F)F)cc1. The summed E-state index contributed by atoms with van der Waals surface area (Å²) < 4.78 is 38.7. The molecule has 144 valence electrons. The number of amides is 1. The first-order valence-electron chi connectivity index (χ1n) is 8.03. The highest BCUT2D eigenvalue weighted by Gasteiger charge is 2.29. The van der Waals surface area contributed by atoms with Gasteiger partial charge in [0.1, 0.15) is 6.54 Å². The molecule has 0 atom stereocenters. The van der Waals surface area contributed by atoms with Crippen LogP contribution >= 0.6 is 11.6 Å². The molecule has 0 spiro atoms. The van der Waals surface area contributed by atoms with Gasteiger partial charge in [-0.3, -0.25) is 9.59 Å². The lowest BCUT2D eigenvalue weighted by Gasteiger charge is -2.10. The smallest absolute Gasteiger partial charge is 0.324 e. The summed E-state index contributed by atoms with van der Waals surface area (Å²) in [5.41, 5.74) is 0.0548. The van der Waals surface area contributed by atoms with Crippen molar-refractivity contribution in [1.29, 1.82) is 0 Å². The van der Waals surface area contributed by atoms with Crippen molar-refractivity contribution in [2.45, 2.75) is 12.7 Å². The van der Waals surface area contributed by atoms with Gasteiger partial charge in [-0.15, -0.1) is 0 Å². The number of anilines is 1. The average molecular weight is 408 g/mol. The Hall–Kier alpha value is -3.13. The van der Waals surface area contributed by atoms with Crippen molar-refractivity contribution >= 4 is 23.2 Å². The highest BCUT2D eigenvalue weighted by Crippen LogP contribution is 2.29. The van der Waals surface area contributed by atoms with Crippen molar-refractivity contribution in [2.24, 2.45) is 0 Å². The molecule has 0 unspecified atom stereocenters. The van der Waals surface area contributed by atoms with Gasteiger partial charge in [-0.2, -0.15) is 18.3 Å². The number of nitrogens with one attached hydrogen (secondary N) is 1. The summed E-state index contributed by atoms with van der Waals surface area (Å²) in [5, 5.41) is 7.14. The molecule has 0 aliphatic heterocycles. The van der Waals surface area contributed by atoms with Gasteiger partial charge in [0, 0.05) is 22.3 Å². The lowest BCUT2D eigenvalue weighted by atomic mass is 10.1. The minimum Gasteiger partial charge on any atom is -0.324 e. The second-order valence-electron chi connectivity index (χ2n) is 5.84. The number of hydrogen-bond acceptors (Lipinski definition) is 3. The molecular weight excluding hydrogens is 395 g/mol. The van der Waals surface area contributed by atoms with Gasteiger partial charge in [0.15, 0.2) is 0 Å². The fraction of sp³-hybridized carbons (Fsp3) is 0.105. The number of rotatable bonds is 4. The summed E-state index contributed by atoms with van der Waals surface area (Å²) in [5.74, 6) is -0.595. The third-order valence-electron chi connectivity index (χ3n) is 3.80. The first-order chi connectivity index (χ1) is 13.2. The third kappa shape index (κ3) is 4.77. The highest BCUT2D eigenvalue weighted by atomic mass is 35.5. The zero-order valence-electron chi connectivity index (χ0n) is 14.2. The molecule has 0 bridgehead atoms. The first kappa shape index (κ1) is 19.6. The van der Waals surface area contributed by atoms with Crippen LogP contribution in [0, 0.1) is 0 Å². The summed E-state index contributed by atoms with van der Waals surface area (Å²) in [7, 11) is 0. The zero-order chi connectivity index (χ0) is 20.3. The van der Waals surface area contributed by atoms with Crippen LogP contribution < -0.4 is 10.9 Å². The van der Waals surface area contributed by atoms with Gasteiger partial charge in [0.25, 0.3) is 5.56 Å². The Morgan fingerprint density at radius 3 is 2.25 bits per heavy atom. The Morgan fingerprint density at radius 2 is 1.64 bits per heavy atom. The maximum absolute atomic E-state index is 12.6. The second-order valence-corrected chi connectivity index (χ2v) is 6.28. The van der Waals surface area contributed by atoms with E-state index < -0.39 is 23.2 Å². The molecule has 3 rings (SSSR count). The van der Waals surface area contributed by atoms with Crippen LogP contribution in [0.5, 0.6) is 0 Å². The highest BCUT2D eigenvalue weighted by molar-refractivity contribution is 6.30. The van der Waals surface area contributed by atoms with Crippen molar-refractivity contribution in [3.63, 3.8) is 0 Å². The van der Waals surface area contributed by atoms with Crippen LogP contribution in [0.3, 0.4) is 0 Å². The van der Waals surface area contributed by atoms with Crippen LogP contribution in [0.4, 0.5) is 18.9 Å². The van der Waals surface area contributed by atoms with Crippen molar-refractivity contribution in [3.8, 4) is 11.3 Å². The second kappa shape index (κ2) is 7.85. The maximum atomic E-state index is 12.6. The predicted molar refractivity (Wildman–Crippen MR) is 99.0 cm³/mol. The molecule has 1 amide bonds. The van der Waals surface area contributed by atoms with E-state index in [0.29, 0.717) is 16.3 Å². The molecule has 1 heterocycles. The Morgan fingerprint density at radius 1 is 1.00 bits per heavy atom. The van der Waals surface area contributed by atoms with E-state index in [0.717, 1.165) is 28.9 Å². The lowest BCUT2D eigenvalue weighted by Crippen LogP contribution is -2.29. The molecule has 28 heavy (non-hydrogen) atoms. The summed E-state index contributed by atoms with van der Waals surface area (Å²) in [6.45, 7) is -0.388. The van der Waals surface area contributed by atoms with Crippen LogP contribution in [-0.4, -0.2) is 15.7 Å². The number of carbonyl (C=O) groups is 1. The minimum atomic E-state index is -4.46. The van der Waals surface area contributed by atoms with E-state index in [1.165, 1.54) is 12.1 Å². The lowest BCUT2D eigenvalue weighted by molar-refractivity contribution is -0.137. The van der Waals surface area contributed by atoms with Crippen molar-refractivity contribution in [1.82, 2.24) is 9.78 Å². The normalized spacial score (nSPS) is 11.3. The number of hydrogen-bond donors (Lipinski definition) is 1. The average Bonchev–Trinajstić information content (AvgIpc) is 2.64. The van der Waals surface area contributed by atoms with Gasteiger partial charge >= 0.3 is 6.18 Å². The molecule has 0 saturated heterocycles. The van der Waals surface area contributed by atoms with Gasteiger partial charge in [-0.25, -0.2) is 4.68 Å². The fourth-order valence-corrected chi connectivity index (χ4v) is 2.54. The Labute approximate surface area is 162 Å². The summed E-state index contributed by atoms with van der Waals surface area (Å²) >= 11 is 5.85. The predicted octanol–water partition coefficient (Wildman–Crippen LogP) is 4.22. The van der Waals surface area contributed by atoms with Gasteiger partial charge < -0.3 is 5.32 Å². The molecule has 1 N–H and O–H groups in total. The molecule has 0 saturated carbocycles. The van der Waals surface area contributed by atoms with Gasteiger partial charge in [-0.05, 0) is 42.5 Å². The topological polar surface area (TPSA) is 64.0 Å². The van der Waals surface area contributed by atoms with Crippen LogP contribution in [0.15, 0.2) is 65.5 Å². The Bertz CT molecular complexity index is 1050. The molecule has 3 aromatic rings. The number of carbonyl (C=O) groups excluding carboxylic acids is 1. The molecule has 0 aliphatic carbocycles. The monoisotopic (exact) mass is 407 g/mol. The van der Waals surface area contributed by atoms with Crippen LogP contribution in [0.2, 0.25) is 5.02 Å². The molecule has 0 fully saturated rings. The Kier molecular flexibility index (Phi) is 5.51. The van der Waals surface area contributed by atoms with Gasteiger partial charge in [0.05, 0.1) is 11.3 Å². The molecule has 0 aliphatic rings. The zero-order valence-corrected chi connectivity index (χ0v) is 15.0. The van der Waals surface area contributed by atoms with Crippen LogP contribution in [-0.2, 0) is 17.5 Å². The third-order valence-corrected chi connectivity index (χ3v) is 4.05. The largest absolute Gasteiger partial charge is 0.416 e. The first-order valence-corrected chi connectivity index (χ1v) is 8.41. The molecule has 5 nitrogen and oxygen atoms in total. The van der Waals surface area contributed by atoms with E-state index in [1.807, 2.05) is 0 Å². The molecule has 1 aromatic heterocycles. The molecule has 2 aromatic carbocycles. The van der Waals surface area contributed by atoms with E-state index in [1.54, 1.807) is 24.3 Å². The van der Waals surface area contributed by atoms with E-state index in [-0.39, 0.29) is 12.2 Å². The summed E-state index contributed by atoms with van der Waals surface area (Å²) in [6.07, 6.45) is -4.46. The quantitative estimate of drug-likeness (QED) is 0.704. The molecule has 9 heteroatoms. The fourth-order valence-electron chi connectivity index (χ4n) is 2.42. The number of nitrogens with zero attached hydrogens (tertiary/aromatic N) is 2. The van der Waals surface area contributed by atoms with E-state index in [9.17, 15) is 22.8 Å². The van der Waals surface area contributed by atoms with Crippen molar-refractivity contribution < 1.29 is 18.0 Å². The van der Waals surface area contributed by atoms with E-state index in [2.05, 4.69) is 10.4 Å². The Balaban J connectivity index is 1.74. The van der Waals surface area contributed by atoms with Gasteiger partial charge in [-0.1, -0.05) is 23.7 Å². The number of halogens is 4. The van der Waals surface area contributed by atoms with E-state index >= 15 is 0 Å². The van der Waals surface area contributed by atoms with Gasteiger partial charge in [0.2, 0.25) is 5.91 Å². The van der Waals surface area contributed by atoms with Crippen molar-refractivity contribution in [3.05, 3.63) is 81.6 Å². The summed E-state index contributed by atoms with van der Waals surface area (Å²) in [6, 6.07) is 13.6. The van der Waals surface area contributed by atoms with Crippen LogP contribution in [0.25, 0.3) is 11.3 Å². The van der Waals surface area contributed by atoms with Crippen molar-refractivity contribution in [2.75, 3.05) is 5.32 Å². The molecular formula is C19H13ClF3N3O2. The molecule has 0 radical (unpaired) electrons. The number of aromatic nitrogens is 2. The van der Waals surface area contributed by atoms with E-state index in [4.69, 9.17) is 11.6 Å². The maximum Gasteiger partial charge on any atom is 0.416 e. The van der Waals surface area contributed by atoms with Crippen LogP contribution in [0.1, 0.15) is 5.56 Å². The minimum absolute atomic E-state index is 0.180. The number of alkyl halides is 3. The summed E-state index contributed by atoms with van der Waals surface area (Å²) in [4.78, 5) is 24.1. The number of benzene rings is 2.